The number of benzene rings is 9. The van der Waals surface area contributed by atoms with Gasteiger partial charge in [-0.25, -0.2) is 0 Å². The van der Waals surface area contributed by atoms with Crippen molar-refractivity contribution in [2.24, 2.45) is 0 Å². The van der Waals surface area contributed by atoms with E-state index in [1.165, 1.54) is 97.7 Å². The third kappa shape index (κ3) is 3.98. The van der Waals surface area contributed by atoms with Crippen LogP contribution in [0.1, 0.15) is 0 Å². The summed E-state index contributed by atoms with van der Waals surface area (Å²) in [6, 6.07) is 77.4. The number of nitrogens with zero attached hydrogens (tertiary/aromatic N) is 2. The second-order valence-electron chi connectivity index (χ2n) is 15.6. The molecule has 2 aromatic heterocycles. The van der Waals surface area contributed by atoms with Gasteiger partial charge < -0.3 is 9.13 Å². The predicted octanol–water partition coefficient (Wildman–Crippen LogP) is 10.9. The number of hydrogen-bond acceptors (Lipinski definition) is 0. The van der Waals surface area contributed by atoms with Gasteiger partial charge in [-0.3, -0.25) is 0 Å². The number of hydrogen-bond donors (Lipinski definition) is 0. The average Bonchev–Trinajstić information content (AvgIpc) is 3.99. The lowest BCUT2D eigenvalue weighted by Crippen LogP contribution is -2.70. The van der Waals surface area contributed by atoms with E-state index in [1.807, 2.05) is 0 Å². The Kier molecular flexibility index (Phi) is 6.22. The van der Waals surface area contributed by atoms with Crippen molar-refractivity contribution in [3.8, 4) is 44.8 Å². The first-order valence-corrected chi connectivity index (χ1v) is 21.9. The lowest BCUT2D eigenvalue weighted by Gasteiger charge is -2.28. The summed E-state index contributed by atoms with van der Waals surface area (Å²) in [6.07, 6.45) is 0. The molecule has 264 valence electrons. The summed E-state index contributed by atoms with van der Waals surface area (Å²) < 4.78 is 4.98. The second kappa shape index (κ2) is 11.4. The number of aromatic nitrogens is 2. The molecule has 1 spiro atoms. The van der Waals surface area contributed by atoms with Crippen molar-refractivity contribution in [2.45, 2.75) is 0 Å². The molecule has 0 bridgehead atoms. The van der Waals surface area contributed by atoms with E-state index in [1.54, 1.807) is 0 Å². The quantitative estimate of drug-likeness (QED) is 0.160. The molecule has 0 saturated carbocycles. The van der Waals surface area contributed by atoms with E-state index in [0.717, 1.165) is 11.4 Å². The van der Waals surface area contributed by atoms with Gasteiger partial charge in [0.25, 0.3) is 0 Å². The SMILES string of the molecule is c1ccc(-n2c3ccccc3c3ccc4c5ccccc5n(-c5cccc(-c6ccc7c(c6)[Si]6(c8ccccc8-c8ccccc86)c6ccccc6-7)c5)c4c32)cc1. The largest absolute Gasteiger partial charge is 0.307 e. The van der Waals surface area contributed by atoms with Crippen molar-refractivity contribution in [3.05, 3.63) is 206 Å². The van der Waals surface area contributed by atoms with Crippen LogP contribution in [0.5, 0.6) is 0 Å². The zero-order valence-electron chi connectivity index (χ0n) is 31.0. The zero-order valence-corrected chi connectivity index (χ0v) is 32.0. The highest BCUT2D eigenvalue weighted by molar-refractivity contribution is 7.24. The Morgan fingerprint density at radius 1 is 0.281 bits per heavy atom. The molecule has 4 heterocycles. The Bertz CT molecular complexity index is 3410. The fourth-order valence-electron chi connectivity index (χ4n) is 10.7. The van der Waals surface area contributed by atoms with Gasteiger partial charge in [0, 0.05) is 32.9 Å². The van der Waals surface area contributed by atoms with E-state index in [4.69, 9.17) is 0 Å². The molecular weight excluding hydrogens is 705 g/mol. The van der Waals surface area contributed by atoms with Crippen molar-refractivity contribution in [2.75, 3.05) is 0 Å². The third-order valence-electron chi connectivity index (χ3n) is 12.9. The zero-order chi connectivity index (χ0) is 37.2. The summed E-state index contributed by atoms with van der Waals surface area (Å²) >= 11 is 0. The number of rotatable bonds is 3. The fourth-order valence-corrected chi connectivity index (χ4v) is 16.4. The maximum Gasteiger partial charge on any atom is 0.182 e. The monoisotopic (exact) mass is 738 g/mol. The summed E-state index contributed by atoms with van der Waals surface area (Å²) in [7, 11) is -2.55. The van der Waals surface area contributed by atoms with Crippen LogP contribution < -0.4 is 20.7 Å². The summed E-state index contributed by atoms with van der Waals surface area (Å²) in [4.78, 5) is 0. The Labute approximate surface area is 331 Å². The topological polar surface area (TPSA) is 9.86 Å². The molecule has 0 fully saturated rings. The summed E-state index contributed by atoms with van der Waals surface area (Å²) in [5.41, 5.74) is 15.2. The van der Waals surface area contributed by atoms with E-state index in [9.17, 15) is 0 Å². The molecule has 2 aliphatic rings. The van der Waals surface area contributed by atoms with Crippen molar-refractivity contribution < 1.29 is 0 Å². The first-order chi connectivity index (χ1) is 28.3. The first kappa shape index (κ1) is 31.0. The van der Waals surface area contributed by atoms with E-state index < -0.39 is 8.07 Å². The lowest BCUT2D eigenvalue weighted by molar-refractivity contribution is 1.15. The first-order valence-electron chi connectivity index (χ1n) is 19.9. The van der Waals surface area contributed by atoms with Crippen LogP contribution in [-0.4, -0.2) is 17.2 Å². The molecule has 0 aliphatic carbocycles. The Morgan fingerprint density at radius 3 is 1.33 bits per heavy atom. The van der Waals surface area contributed by atoms with Crippen LogP contribution in [0, 0.1) is 0 Å². The van der Waals surface area contributed by atoms with Gasteiger partial charge in [0.1, 0.15) is 0 Å². The molecule has 0 N–H and O–H groups in total. The van der Waals surface area contributed by atoms with Gasteiger partial charge in [-0.05, 0) is 90.5 Å². The highest BCUT2D eigenvalue weighted by atomic mass is 28.3. The Balaban J connectivity index is 1.08. The molecule has 0 radical (unpaired) electrons. The maximum atomic E-state index is 2.55. The normalized spacial score (nSPS) is 13.4. The highest BCUT2D eigenvalue weighted by Gasteiger charge is 2.53. The van der Waals surface area contributed by atoms with E-state index in [0.29, 0.717) is 0 Å². The van der Waals surface area contributed by atoms with Crippen molar-refractivity contribution in [3.63, 3.8) is 0 Å². The lowest BCUT2D eigenvalue weighted by atomic mass is 10.00. The minimum absolute atomic E-state index is 1.16. The van der Waals surface area contributed by atoms with Gasteiger partial charge in [0.05, 0.1) is 22.1 Å². The average molecular weight is 739 g/mol. The summed E-state index contributed by atoms with van der Waals surface area (Å²) in [6.45, 7) is 0. The Hall–Kier alpha value is -7.20. The van der Waals surface area contributed by atoms with Crippen molar-refractivity contribution >= 4 is 72.4 Å². The van der Waals surface area contributed by atoms with Gasteiger partial charge in [-0.1, -0.05) is 170 Å². The van der Waals surface area contributed by atoms with Crippen LogP contribution in [0.25, 0.3) is 88.4 Å². The van der Waals surface area contributed by atoms with Gasteiger partial charge in [-0.2, -0.15) is 0 Å². The van der Waals surface area contributed by atoms with Crippen LogP contribution in [0.15, 0.2) is 206 Å². The van der Waals surface area contributed by atoms with Crippen LogP contribution in [0.2, 0.25) is 0 Å². The molecule has 57 heavy (non-hydrogen) atoms. The van der Waals surface area contributed by atoms with Crippen LogP contribution >= 0.6 is 0 Å². The molecule has 9 aromatic carbocycles. The molecule has 0 atom stereocenters. The molecule has 13 rings (SSSR count). The van der Waals surface area contributed by atoms with Crippen LogP contribution in [0.4, 0.5) is 0 Å². The predicted molar refractivity (Wildman–Crippen MR) is 242 cm³/mol. The van der Waals surface area contributed by atoms with Crippen molar-refractivity contribution in [1.29, 1.82) is 0 Å². The molecule has 0 unspecified atom stereocenters. The molecule has 3 heteroatoms. The standard InChI is InChI=1S/C54H34N2Si/c1-2-16-37(17-3-1)55-47-24-9-4-19-39(47)45-31-32-46-40-20-5-10-25-48(40)56(54(46)53(45)55)38-18-14-15-35(33-38)36-29-30-44-43-23-8-13-28-51(43)57(52(44)34-36)49-26-11-6-21-41(49)42-22-7-12-27-50(42)57/h1-34H. The minimum atomic E-state index is -2.55. The van der Waals surface area contributed by atoms with E-state index >= 15 is 0 Å². The van der Waals surface area contributed by atoms with E-state index in [-0.39, 0.29) is 0 Å². The summed E-state index contributed by atoms with van der Waals surface area (Å²) in [5.74, 6) is 0. The van der Waals surface area contributed by atoms with Crippen LogP contribution in [0.3, 0.4) is 0 Å². The van der Waals surface area contributed by atoms with Crippen LogP contribution in [-0.2, 0) is 0 Å². The molecule has 2 nitrogen and oxygen atoms in total. The number of fused-ring (bicyclic) bond motifs is 17. The highest BCUT2D eigenvalue weighted by Crippen LogP contribution is 2.43. The molecule has 0 saturated heterocycles. The fraction of sp³-hybridized carbons (Fsp3) is 0. The smallest absolute Gasteiger partial charge is 0.182 e. The third-order valence-corrected chi connectivity index (χ3v) is 17.9. The van der Waals surface area contributed by atoms with E-state index in [2.05, 4.69) is 215 Å². The molecule has 2 aliphatic heterocycles. The second-order valence-corrected chi connectivity index (χ2v) is 19.3. The van der Waals surface area contributed by atoms with Crippen molar-refractivity contribution in [1.82, 2.24) is 9.13 Å². The van der Waals surface area contributed by atoms with Gasteiger partial charge in [-0.15, -0.1) is 0 Å². The van der Waals surface area contributed by atoms with Gasteiger partial charge >= 0.3 is 0 Å². The maximum absolute atomic E-state index is 2.55. The molecular formula is C54H34N2Si. The Morgan fingerprint density at radius 2 is 0.737 bits per heavy atom. The molecule has 11 aromatic rings. The minimum Gasteiger partial charge on any atom is -0.307 e. The molecule has 0 amide bonds. The van der Waals surface area contributed by atoms with Gasteiger partial charge in [0.15, 0.2) is 8.07 Å². The number of para-hydroxylation sites is 3. The van der Waals surface area contributed by atoms with Gasteiger partial charge in [0.2, 0.25) is 0 Å². The summed E-state index contributed by atoms with van der Waals surface area (Å²) in [5, 5.41) is 11.0.